The molecule has 0 aromatic rings. The number of aliphatic hydroxyl groups is 1. The van der Waals surface area contributed by atoms with Crippen LogP contribution in [0.15, 0.2) is 36.5 Å². The van der Waals surface area contributed by atoms with E-state index in [4.69, 9.17) is 24.1 Å². The van der Waals surface area contributed by atoms with Gasteiger partial charge in [-0.05, 0) is 33.1 Å². The van der Waals surface area contributed by atoms with Gasteiger partial charge in [0.25, 0.3) is 0 Å². The molecule has 54 heavy (non-hydrogen) atoms. The molecule has 0 aliphatic rings. The highest BCUT2D eigenvalue weighted by atomic mass is 19.4. The first-order valence-electron chi connectivity index (χ1n) is 16.5. The van der Waals surface area contributed by atoms with E-state index >= 15 is 8.78 Å². The molecule has 0 bridgehead atoms. The van der Waals surface area contributed by atoms with E-state index in [0.29, 0.717) is 12.8 Å². The second-order valence-electron chi connectivity index (χ2n) is 12.8. The average molecular weight is 811 g/mol. The van der Waals surface area contributed by atoms with E-state index < -0.39 is 124 Å². The van der Waals surface area contributed by atoms with Gasteiger partial charge in [0.05, 0.1) is 32.0 Å². The van der Waals surface area contributed by atoms with E-state index in [-0.39, 0.29) is 36.2 Å². The molecule has 1 N–H and O–H groups in total. The van der Waals surface area contributed by atoms with Crippen molar-refractivity contribution in [3.8, 4) is 0 Å². The largest absolute Gasteiger partial charge is 0.462 e. The lowest BCUT2D eigenvalue weighted by Crippen LogP contribution is -2.70. The molecule has 0 aromatic heterocycles. The molecule has 0 heterocycles. The first-order valence-corrected chi connectivity index (χ1v) is 16.5. The fourth-order valence-corrected chi connectivity index (χ4v) is 4.46. The van der Waals surface area contributed by atoms with Gasteiger partial charge in [0.2, 0.25) is 0 Å². The molecule has 0 radical (unpaired) electrons. The highest BCUT2D eigenvalue weighted by Crippen LogP contribution is 2.61. The summed E-state index contributed by atoms with van der Waals surface area (Å²) in [5.74, 6) is -46.4. The number of ether oxygens (including phenoxy) is 4. The van der Waals surface area contributed by atoms with Crippen LogP contribution in [0.3, 0.4) is 0 Å². The quantitative estimate of drug-likeness (QED) is 0.0275. The van der Waals surface area contributed by atoms with Crippen LogP contribution in [0.4, 0.5) is 52.7 Å². The normalized spacial score (nSPS) is 13.3. The zero-order valence-electron chi connectivity index (χ0n) is 30.1. The van der Waals surface area contributed by atoms with Crippen molar-refractivity contribution in [3.63, 3.8) is 0 Å². The monoisotopic (exact) mass is 810 g/mol. The van der Waals surface area contributed by atoms with E-state index in [1.54, 1.807) is 6.92 Å². The van der Waals surface area contributed by atoms with Gasteiger partial charge in [0.1, 0.15) is 13.2 Å². The summed E-state index contributed by atoms with van der Waals surface area (Å²) in [5, 5.41) is 8.76. The van der Waals surface area contributed by atoms with E-state index in [1.165, 1.54) is 0 Å². The van der Waals surface area contributed by atoms with Crippen LogP contribution in [0.2, 0.25) is 0 Å². The Hall–Kier alpha value is -3.29. The average Bonchev–Trinajstić information content (AvgIpc) is 3.07. The number of aliphatic hydroxyl groups excluding tert-OH is 1. The summed E-state index contributed by atoms with van der Waals surface area (Å²) < 4.78 is 196. The molecule has 0 atom stereocenters. The summed E-state index contributed by atoms with van der Waals surface area (Å²) in [5.41, 5.74) is -3.43. The Balaban J connectivity index is 6.71. The number of hydrogen-bond donors (Lipinski definition) is 1. The molecule has 0 aromatic carbocycles. The van der Waals surface area contributed by atoms with Crippen molar-refractivity contribution in [2.75, 3.05) is 39.6 Å². The number of esters is 3. The summed E-state index contributed by atoms with van der Waals surface area (Å²) >= 11 is 0. The summed E-state index contributed by atoms with van der Waals surface area (Å²) in [6.07, 6.45) is -7.34. The van der Waals surface area contributed by atoms with Crippen LogP contribution >= 0.6 is 0 Å². The topological polar surface area (TPSA) is 108 Å². The Morgan fingerprint density at radius 1 is 0.556 bits per heavy atom. The first kappa shape index (κ1) is 50.7. The zero-order chi connectivity index (χ0) is 42.4. The smallest absolute Gasteiger partial charge is 0.384 e. The van der Waals surface area contributed by atoms with Gasteiger partial charge >= 0.3 is 53.4 Å². The highest BCUT2D eigenvalue weighted by molar-refractivity contribution is 5.88. The molecule has 0 saturated heterocycles. The SMILES string of the molecule is C=C(C)C(=O)OCC(CCOC(=O)C(=C)COCCO)(CCC(F)(F)C(F)(F)C(F)(F)C(F)(F)C(F)(F)C(F)(F)CCCCCCC)COC(=O)C(=C)C. The number of carbonyl (C=O) groups excluding carboxylic acids is 3. The lowest BCUT2D eigenvalue weighted by molar-refractivity contribution is -0.426. The molecule has 0 saturated carbocycles. The van der Waals surface area contributed by atoms with Crippen molar-refractivity contribution >= 4 is 17.9 Å². The van der Waals surface area contributed by atoms with Gasteiger partial charge in [0.15, 0.2) is 0 Å². The molecule has 0 spiro atoms. The van der Waals surface area contributed by atoms with Gasteiger partial charge < -0.3 is 24.1 Å². The lowest BCUT2D eigenvalue weighted by atomic mass is 9.79. The number of rotatable bonds is 28. The van der Waals surface area contributed by atoms with E-state index in [1.807, 2.05) is 0 Å². The molecule has 20 heteroatoms. The molecule has 0 aliphatic carbocycles. The van der Waals surface area contributed by atoms with Gasteiger partial charge in [-0.25, -0.2) is 14.4 Å². The van der Waals surface area contributed by atoms with Gasteiger partial charge in [-0.15, -0.1) is 0 Å². The fourth-order valence-electron chi connectivity index (χ4n) is 4.46. The maximum atomic E-state index is 15.2. The van der Waals surface area contributed by atoms with Crippen LogP contribution in [0.25, 0.3) is 0 Å². The second kappa shape index (κ2) is 20.6. The van der Waals surface area contributed by atoms with Gasteiger partial charge in [0, 0.05) is 29.4 Å². The Kier molecular flexibility index (Phi) is 19.3. The fraction of sp³-hybridized carbons (Fsp3) is 0.735. The Labute approximate surface area is 304 Å². The van der Waals surface area contributed by atoms with Crippen molar-refractivity contribution < 1.29 is 91.1 Å². The van der Waals surface area contributed by atoms with Crippen LogP contribution in [0.5, 0.6) is 0 Å². The Morgan fingerprint density at radius 2 is 1.00 bits per heavy atom. The summed E-state index contributed by atoms with van der Waals surface area (Å²) in [6, 6.07) is 0. The van der Waals surface area contributed by atoms with Gasteiger partial charge in [-0.3, -0.25) is 0 Å². The second-order valence-corrected chi connectivity index (χ2v) is 12.8. The van der Waals surface area contributed by atoms with Crippen LogP contribution in [0.1, 0.15) is 78.6 Å². The number of halogens is 12. The maximum absolute atomic E-state index is 15.2. The van der Waals surface area contributed by atoms with Crippen molar-refractivity contribution in [1.29, 1.82) is 0 Å². The minimum absolute atomic E-state index is 0.160. The molecule has 0 rings (SSSR count). The first-order chi connectivity index (χ1) is 24.5. The van der Waals surface area contributed by atoms with Crippen LogP contribution in [-0.4, -0.2) is 98.2 Å². The van der Waals surface area contributed by atoms with Gasteiger partial charge in [-0.1, -0.05) is 52.3 Å². The molecular formula is C34H46F12O8. The van der Waals surface area contributed by atoms with Crippen molar-refractivity contribution in [2.24, 2.45) is 5.41 Å². The third-order valence-corrected chi connectivity index (χ3v) is 8.05. The van der Waals surface area contributed by atoms with Crippen LogP contribution < -0.4 is 0 Å². The van der Waals surface area contributed by atoms with E-state index in [9.17, 15) is 58.3 Å². The predicted molar refractivity (Wildman–Crippen MR) is 169 cm³/mol. The highest BCUT2D eigenvalue weighted by Gasteiger charge is 2.89. The van der Waals surface area contributed by atoms with E-state index in [2.05, 4.69) is 19.7 Å². The van der Waals surface area contributed by atoms with Gasteiger partial charge in [-0.2, -0.15) is 52.7 Å². The number of carbonyl (C=O) groups is 3. The molecular weight excluding hydrogens is 764 g/mol. The minimum atomic E-state index is -7.81. The summed E-state index contributed by atoms with van der Waals surface area (Å²) in [6.45, 7) is 9.24. The number of unbranched alkanes of at least 4 members (excludes halogenated alkanes) is 4. The van der Waals surface area contributed by atoms with Crippen molar-refractivity contribution in [1.82, 2.24) is 0 Å². The predicted octanol–water partition coefficient (Wildman–Crippen LogP) is 8.66. The molecule has 0 aliphatic heterocycles. The van der Waals surface area contributed by atoms with E-state index in [0.717, 1.165) is 13.8 Å². The lowest BCUT2D eigenvalue weighted by Gasteiger charge is -2.42. The molecule has 0 amide bonds. The third kappa shape index (κ3) is 12.9. The van der Waals surface area contributed by atoms with Crippen LogP contribution in [0, 0.1) is 5.41 Å². The van der Waals surface area contributed by atoms with Crippen molar-refractivity contribution in [3.05, 3.63) is 36.5 Å². The molecule has 314 valence electrons. The Bertz CT molecular complexity index is 1270. The summed E-state index contributed by atoms with van der Waals surface area (Å²) in [7, 11) is 0. The molecule has 8 nitrogen and oxygen atoms in total. The summed E-state index contributed by atoms with van der Waals surface area (Å²) in [4.78, 5) is 36.6. The standard InChI is InChI=1S/C34H46F12O8/c1-7-8-9-10-11-12-29(35,36)31(39,40)33(43,44)34(45,46)32(41,42)30(37,38)14-13-28(20-53-25(48)22(2)3,21-54-26(49)23(4)5)15-17-52-27(50)24(6)19-51-18-16-47/h47H,2,4,6-21H2,1,3,5H3. The Morgan fingerprint density at radius 3 is 1.43 bits per heavy atom. The molecule has 0 unspecified atom stereocenters. The maximum Gasteiger partial charge on any atom is 0.384 e. The number of alkyl halides is 12. The molecule has 0 fully saturated rings. The zero-order valence-corrected chi connectivity index (χ0v) is 30.1. The minimum Gasteiger partial charge on any atom is -0.462 e. The van der Waals surface area contributed by atoms with Crippen molar-refractivity contribution in [2.45, 2.75) is 114 Å². The van der Waals surface area contributed by atoms with Crippen LogP contribution in [-0.2, 0) is 33.3 Å². The third-order valence-electron chi connectivity index (χ3n) is 8.05. The number of hydrogen-bond acceptors (Lipinski definition) is 8.